The molecule has 1 heterocycles. The molecule has 1 fully saturated rings. The Hall–Kier alpha value is -2.31. The third-order valence-corrected chi connectivity index (χ3v) is 4.31. The van der Waals surface area contributed by atoms with E-state index in [1.807, 2.05) is 31.2 Å². The third kappa shape index (κ3) is 5.62. The topological polar surface area (TPSA) is 49.4 Å². The molecule has 136 valence electrons. The Kier molecular flexibility index (Phi) is 6.22. The molecule has 25 heavy (non-hydrogen) atoms. The summed E-state index contributed by atoms with van der Waals surface area (Å²) in [5, 5.41) is 2.76. The van der Waals surface area contributed by atoms with Crippen molar-refractivity contribution in [1.82, 2.24) is 10.2 Å². The van der Waals surface area contributed by atoms with Gasteiger partial charge in [0.05, 0.1) is 0 Å². The summed E-state index contributed by atoms with van der Waals surface area (Å²) >= 11 is 0. The van der Waals surface area contributed by atoms with Gasteiger partial charge in [-0.25, -0.2) is 0 Å². The van der Waals surface area contributed by atoms with Crippen molar-refractivity contribution < 1.29 is 22.8 Å². The van der Waals surface area contributed by atoms with Gasteiger partial charge in [0.2, 0.25) is 5.91 Å². The number of alkyl halides is 3. The van der Waals surface area contributed by atoms with Gasteiger partial charge in [0, 0.05) is 25.7 Å². The minimum Gasteiger partial charge on any atom is -0.352 e. The van der Waals surface area contributed by atoms with Crippen LogP contribution in [0.4, 0.5) is 13.2 Å². The third-order valence-electron chi connectivity index (χ3n) is 4.31. The summed E-state index contributed by atoms with van der Waals surface area (Å²) in [6.45, 7) is 2.48. The summed E-state index contributed by atoms with van der Waals surface area (Å²) in [6.07, 6.45) is -0.742. The first-order valence-electron chi connectivity index (χ1n) is 8.15. The monoisotopic (exact) mass is 354 g/mol. The molecular weight excluding hydrogens is 333 g/mol. The number of piperidine rings is 1. The lowest BCUT2D eigenvalue weighted by Crippen LogP contribution is -2.46. The zero-order valence-electron chi connectivity index (χ0n) is 14.0. The molecule has 1 aliphatic heterocycles. The maximum Gasteiger partial charge on any atom is 0.471 e. The van der Waals surface area contributed by atoms with Gasteiger partial charge in [0.25, 0.3) is 0 Å². The van der Waals surface area contributed by atoms with E-state index in [1.165, 1.54) is 6.08 Å². The average molecular weight is 354 g/mol. The molecule has 0 aliphatic carbocycles. The summed E-state index contributed by atoms with van der Waals surface area (Å²) in [6, 6.07) is 7.67. The van der Waals surface area contributed by atoms with Gasteiger partial charge in [0.1, 0.15) is 0 Å². The zero-order valence-corrected chi connectivity index (χ0v) is 14.0. The lowest BCUT2D eigenvalue weighted by Gasteiger charge is -2.32. The smallest absolute Gasteiger partial charge is 0.352 e. The van der Waals surface area contributed by atoms with Gasteiger partial charge >= 0.3 is 12.1 Å². The first-order valence-corrected chi connectivity index (χ1v) is 8.15. The lowest BCUT2D eigenvalue weighted by molar-refractivity contribution is -0.186. The van der Waals surface area contributed by atoms with Crippen molar-refractivity contribution in [2.45, 2.75) is 25.9 Å². The normalized spacial score (nSPS) is 16.2. The molecule has 0 aromatic heterocycles. The highest BCUT2D eigenvalue weighted by molar-refractivity contribution is 5.91. The Bertz CT molecular complexity index is 648. The highest BCUT2D eigenvalue weighted by Crippen LogP contribution is 2.23. The van der Waals surface area contributed by atoms with Crippen molar-refractivity contribution in [3.05, 3.63) is 41.5 Å². The summed E-state index contributed by atoms with van der Waals surface area (Å²) in [4.78, 5) is 23.9. The van der Waals surface area contributed by atoms with Crippen LogP contribution in [0.2, 0.25) is 0 Å². The molecule has 0 saturated carbocycles. The number of amides is 2. The number of rotatable bonds is 4. The zero-order chi connectivity index (χ0) is 18.4. The second-order valence-corrected chi connectivity index (χ2v) is 6.17. The average Bonchev–Trinajstić information content (AvgIpc) is 2.58. The maximum atomic E-state index is 12.4. The molecule has 1 saturated heterocycles. The van der Waals surface area contributed by atoms with Crippen LogP contribution >= 0.6 is 0 Å². The van der Waals surface area contributed by atoms with E-state index < -0.39 is 12.1 Å². The molecule has 0 atom stereocenters. The van der Waals surface area contributed by atoms with E-state index in [0.29, 0.717) is 19.4 Å². The van der Waals surface area contributed by atoms with Crippen LogP contribution in [0.3, 0.4) is 0 Å². The van der Waals surface area contributed by atoms with Crippen molar-refractivity contribution in [1.29, 1.82) is 0 Å². The number of carbonyl (C=O) groups is 2. The van der Waals surface area contributed by atoms with Crippen LogP contribution < -0.4 is 5.32 Å². The van der Waals surface area contributed by atoms with Gasteiger partial charge in [-0.05, 0) is 42.9 Å². The number of carbonyl (C=O) groups excluding carboxylic acids is 2. The fourth-order valence-electron chi connectivity index (χ4n) is 2.76. The standard InChI is InChI=1S/C18H21F3N2O2/c1-13-4-2-3-5-15(13)6-7-16(24)22-12-14-8-10-23(11-9-14)17(25)18(19,20)21/h2-7,14H,8-12H2,1H3,(H,22,24)/b7-6+. The number of benzene rings is 1. The van der Waals surface area contributed by atoms with Crippen molar-refractivity contribution in [2.24, 2.45) is 5.92 Å². The summed E-state index contributed by atoms with van der Waals surface area (Å²) in [5.41, 5.74) is 2.02. The molecule has 1 aromatic rings. The van der Waals surface area contributed by atoms with Crippen LogP contribution in [0.25, 0.3) is 6.08 Å². The first kappa shape index (κ1) is 19.0. The molecule has 2 rings (SSSR count). The van der Waals surface area contributed by atoms with Crippen molar-refractivity contribution in [3.63, 3.8) is 0 Å². The van der Waals surface area contributed by atoms with Gasteiger partial charge in [-0.3, -0.25) is 9.59 Å². The van der Waals surface area contributed by atoms with Crippen LogP contribution in [0.1, 0.15) is 24.0 Å². The highest BCUT2D eigenvalue weighted by Gasteiger charge is 2.43. The molecule has 0 radical (unpaired) electrons. The number of hydrogen-bond acceptors (Lipinski definition) is 2. The Labute approximate surface area is 144 Å². The molecule has 1 N–H and O–H groups in total. The van der Waals surface area contributed by atoms with Crippen molar-refractivity contribution >= 4 is 17.9 Å². The predicted molar refractivity (Wildman–Crippen MR) is 88.6 cm³/mol. The summed E-state index contributed by atoms with van der Waals surface area (Å²) in [7, 11) is 0. The van der Waals surface area contributed by atoms with Gasteiger partial charge in [-0.1, -0.05) is 24.3 Å². The summed E-state index contributed by atoms with van der Waals surface area (Å²) < 4.78 is 37.1. The summed E-state index contributed by atoms with van der Waals surface area (Å²) in [5.74, 6) is -1.94. The van der Waals surface area contributed by atoms with Gasteiger partial charge in [-0.15, -0.1) is 0 Å². The Morgan fingerprint density at radius 1 is 1.24 bits per heavy atom. The van der Waals surface area contributed by atoms with E-state index in [2.05, 4.69) is 5.32 Å². The molecule has 0 bridgehead atoms. The maximum absolute atomic E-state index is 12.4. The van der Waals surface area contributed by atoms with Crippen molar-refractivity contribution in [2.75, 3.05) is 19.6 Å². The van der Waals surface area contributed by atoms with E-state index in [1.54, 1.807) is 6.08 Å². The van der Waals surface area contributed by atoms with Gasteiger partial charge < -0.3 is 10.2 Å². The van der Waals surface area contributed by atoms with Crippen LogP contribution in [-0.4, -0.2) is 42.5 Å². The minimum absolute atomic E-state index is 0.0674. The van der Waals surface area contributed by atoms with Crippen LogP contribution in [0.5, 0.6) is 0 Å². The number of hydrogen-bond donors (Lipinski definition) is 1. The second kappa shape index (κ2) is 8.18. The Balaban J connectivity index is 1.75. The Morgan fingerprint density at radius 3 is 2.48 bits per heavy atom. The van der Waals surface area contributed by atoms with Crippen LogP contribution in [0.15, 0.2) is 30.3 Å². The number of nitrogens with zero attached hydrogens (tertiary/aromatic N) is 1. The largest absolute Gasteiger partial charge is 0.471 e. The van der Waals surface area contributed by atoms with E-state index in [-0.39, 0.29) is 24.9 Å². The Morgan fingerprint density at radius 2 is 1.88 bits per heavy atom. The molecule has 2 amide bonds. The van der Waals surface area contributed by atoms with Crippen LogP contribution in [0, 0.1) is 12.8 Å². The van der Waals surface area contributed by atoms with Gasteiger partial charge in [0.15, 0.2) is 0 Å². The minimum atomic E-state index is -4.82. The molecule has 0 spiro atoms. The number of halogens is 3. The van der Waals surface area contributed by atoms with Crippen LogP contribution in [-0.2, 0) is 9.59 Å². The first-order chi connectivity index (χ1) is 11.8. The number of likely N-dealkylation sites (tertiary alicyclic amines) is 1. The number of nitrogens with one attached hydrogen (secondary N) is 1. The van der Waals surface area contributed by atoms with Crippen molar-refractivity contribution in [3.8, 4) is 0 Å². The molecular formula is C18H21F3N2O2. The fourth-order valence-corrected chi connectivity index (χ4v) is 2.76. The molecule has 1 aromatic carbocycles. The quantitative estimate of drug-likeness (QED) is 0.846. The number of aryl methyl sites for hydroxylation is 1. The van der Waals surface area contributed by atoms with E-state index >= 15 is 0 Å². The van der Waals surface area contributed by atoms with E-state index in [9.17, 15) is 22.8 Å². The van der Waals surface area contributed by atoms with E-state index in [4.69, 9.17) is 0 Å². The molecule has 1 aliphatic rings. The highest BCUT2D eigenvalue weighted by atomic mass is 19.4. The SMILES string of the molecule is Cc1ccccc1/C=C/C(=O)NCC1CCN(C(=O)C(F)(F)F)CC1. The molecule has 0 unspecified atom stereocenters. The second-order valence-electron chi connectivity index (χ2n) is 6.17. The predicted octanol–water partition coefficient (Wildman–Crippen LogP) is 2.93. The molecule has 4 nitrogen and oxygen atoms in total. The van der Waals surface area contributed by atoms with E-state index in [0.717, 1.165) is 16.0 Å². The lowest BCUT2D eigenvalue weighted by atomic mass is 9.96. The molecule has 7 heteroatoms. The fraction of sp³-hybridized carbons (Fsp3) is 0.444. The van der Waals surface area contributed by atoms with Gasteiger partial charge in [-0.2, -0.15) is 13.2 Å².